The molecule has 3 aromatic carbocycles. The van der Waals surface area contributed by atoms with E-state index in [1.165, 1.54) is 21.0 Å². The van der Waals surface area contributed by atoms with Crippen molar-refractivity contribution in [2.24, 2.45) is 5.92 Å². The Bertz CT molecular complexity index is 1140. The monoisotopic (exact) mass is 441 g/mol. The van der Waals surface area contributed by atoms with Gasteiger partial charge in [0.25, 0.3) is 0 Å². The van der Waals surface area contributed by atoms with Crippen molar-refractivity contribution in [3.63, 3.8) is 0 Å². The number of Topliss-reactive ketones (excluding diaryl/α,β-unsaturated/α-hetero) is 2. The summed E-state index contributed by atoms with van der Waals surface area (Å²) in [5.41, 5.74) is 4.26. The highest BCUT2D eigenvalue weighted by molar-refractivity contribution is 6.00. The number of carbonyl (C=O) groups excluding carboxylic acids is 3. The van der Waals surface area contributed by atoms with Crippen LogP contribution in [0, 0.1) is 5.92 Å². The Kier molecular flexibility index (Phi) is 6.25. The SMILES string of the molecule is COC(=O)[C@H](CC(C(C)=O)C(C)=O)NC1(c2ccccc2)c2ccccc2-c2ccccc21. The third kappa shape index (κ3) is 3.89. The average molecular weight is 442 g/mol. The van der Waals surface area contributed by atoms with Gasteiger partial charge in [-0.2, -0.15) is 0 Å². The Hall–Kier alpha value is -3.57. The van der Waals surface area contributed by atoms with E-state index in [9.17, 15) is 14.4 Å². The molecule has 0 saturated carbocycles. The quantitative estimate of drug-likeness (QED) is 0.417. The Morgan fingerprint density at radius 1 is 0.788 bits per heavy atom. The summed E-state index contributed by atoms with van der Waals surface area (Å²) in [6.07, 6.45) is 0.0241. The highest BCUT2D eigenvalue weighted by Crippen LogP contribution is 2.51. The van der Waals surface area contributed by atoms with E-state index in [-0.39, 0.29) is 18.0 Å². The zero-order chi connectivity index (χ0) is 23.6. The van der Waals surface area contributed by atoms with E-state index in [0.717, 1.165) is 27.8 Å². The van der Waals surface area contributed by atoms with Crippen molar-refractivity contribution in [3.8, 4) is 11.1 Å². The van der Waals surface area contributed by atoms with Crippen LogP contribution >= 0.6 is 0 Å². The molecular weight excluding hydrogens is 414 g/mol. The van der Waals surface area contributed by atoms with Crippen molar-refractivity contribution in [3.05, 3.63) is 95.6 Å². The van der Waals surface area contributed by atoms with Gasteiger partial charge in [-0.3, -0.25) is 19.7 Å². The zero-order valence-corrected chi connectivity index (χ0v) is 19.0. The molecule has 0 bridgehead atoms. The van der Waals surface area contributed by atoms with Crippen molar-refractivity contribution in [2.45, 2.75) is 31.8 Å². The lowest BCUT2D eigenvalue weighted by Crippen LogP contribution is -2.53. The fraction of sp³-hybridized carbons (Fsp3) is 0.250. The first-order valence-corrected chi connectivity index (χ1v) is 11.0. The molecule has 1 aliphatic carbocycles. The fourth-order valence-electron chi connectivity index (χ4n) is 4.94. The molecule has 5 heteroatoms. The van der Waals surface area contributed by atoms with Crippen molar-refractivity contribution < 1.29 is 19.1 Å². The molecule has 1 atom stereocenters. The van der Waals surface area contributed by atoms with Crippen LogP contribution in [0.15, 0.2) is 78.9 Å². The van der Waals surface area contributed by atoms with Gasteiger partial charge in [0.1, 0.15) is 17.6 Å². The largest absolute Gasteiger partial charge is 0.468 e. The Morgan fingerprint density at radius 3 is 1.76 bits per heavy atom. The molecule has 33 heavy (non-hydrogen) atoms. The van der Waals surface area contributed by atoms with Crippen LogP contribution < -0.4 is 5.32 Å². The van der Waals surface area contributed by atoms with Crippen LogP contribution in [0.3, 0.4) is 0 Å². The van der Waals surface area contributed by atoms with Crippen LogP contribution in [0.4, 0.5) is 0 Å². The van der Waals surface area contributed by atoms with Gasteiger partial charge in [0.2, 0.25) is 0 Å². The van der Waals surface area contributed by atoms with Crippen LogP contribution in [-0.4, -0.2) is 30.7 Å². The average Bonchev–Trinajstić information content (AvgIpc) is 3.12. The molecule has 0 aromatic heterocycles. The predicted molar refractivity (Wildman–Crippen MR) is 127 cm³/mol. The highest BCUT2D eigenvalue weighted by atomic mass is 16.5. The summed E-state index contributed by atoms with van der Waals surface area (Å²) in [5, 5.41) is 3.57. The molecule has 1 N–H and O–H groups in total. The second-order valence-corrected chi connectivity index (χ2v) is 8.44. The number of fused-ring (bicyclic) bond motifs is 3. The van der Waals surface area contributed by atoms with Gasteiger partial charge < -0.3 is 4.74 Å². The number of esters is 1. The molecule has 3 aromatic rings. The van der Waals surface area contributed by atoms with E-state index < -0.39 is 23.5 Å². The Balaban J connectivity index is 1.93. The van der Waals surface area contributed by atoms with Gasteiger partial charge in [0.15, 0.2) is 0 Å². The van der Waals surface area contributed by atoms with Crippen molar-refractivity contribution in [1.82, 2.24) is 5.32 Å². The zero-order valence-electron chi connectivity index (χ0n) is 19.0. The molecule has 0 radical (unpaired) electrons. The summed E-state index contributed by atoms with van der Waals surface area (Å²) in [5.74, 6) is -1.93. The Morgan fingerprint density at radius 2 is 1.27 bits per heavy atom. The molecular formula is C28H27NO4. The fourth-order valence-corrected chi connectivity index (χ4v) is 4.94. The Labute approximate surface area is 193 Å². The maximum atomic E-state index is 13.0. The number of nitrogens with one attached hydrogen (secondary N) is 1. The number of carbonyl (C=O) groups is 3. The van der Waals surface area contributed by atoms with Crippen molar-refractivity contribution in [1.29, 1.82) is 0 Å². The molecule has 0 saturated heterocycles. The number of ether oxygens (including phenoxy) is 1. The van der Waals surface area contributed by atoms with E-state index >= 15 is 0 Å². The van der Waals surface area contributed by atoms with Gasteiger partial charge in [0, 0.05) is 0 Å². The summed E-state index contributed by atoms with van der Waals surface area (Å²) in [6, 6.07) is 25.2. The molecule has 0 fully saturated rings. The first kappa shape index (κ1) is 22.6. The van der Waals surface area contributed by atoms with Crippen LogP contribution in [-0.2, 0) is 24.7 Å². The van der Waals surface area contributed by atoms with Crippen molar-refractivity contribution in [2.75, 3.05) is 7.11 Å². The molecule has 5 nitrogen and oxygen atoms in total. The lowest BCUT2D eigenvalue weighted by atomic mass is 9.79. The third-order valence-electron chi connectivity index (χ3n) is 6.49. The molecule has 0 unspecified atom stereocenters. The maximum Gasteiger partial charge on any atom is 0.322 e. The van der Waals surface area contributed by atoms with E-state index in [2.05, 4.69) is 29.6 Å². The molecule has 0 aliphatic heterocycles. The van der Waals surface area contributed by atoms with E-state index in [1.807, 2.05) is 54.6 Å². The van der Waals surface area contributed by atoms with Crippen LogP contribution in [0.1, 0.15) is 37.0 Å². The summed E-state index contributed by atoms with van der Waals surface area (Å²) < 4.78 is 5.12. The smallest absolute Gasteiger partial charge is 0.322 e. The van der Waals surface area contributed by atoms with Gasteiger partial charge in [-0.25, -0.2) is 0 Å². The topological polar surface area (TPSA) is 72.5 Å². The lowest BCUT2D eigenvalue weighted by molar-refractivity contribution is -0.144. The normalized spacial score (nSPS) is 14.3. The van der Waals surface area contributed by atoms with Crippen LogP contribution in [0.2, 0.25) is 0 Å². The number of hydrogen-bond acceptors (Lipinski definition) is 5. The molecule has 1 aliphatic rings. The number of ketones is 2. The standard InChI is InChI=1S/C28H27NO4/c1-18(30)23(19(2)31)17-26(27(32)33-3)29-28(20-11-5-4-6-12-20)24-15-9-7-13-21(24)22-14-8-10-16-25(22)28/h4-16,23,26,29H,17H2,1-3H3/t26-/m0/s1. The summed E-state index contributed by atoms with van der Waals surface area (Å²) in [6.45, 7) is 2.76. The first-order chi connectivity index (χ1) is 15.9. The minimum absolute atomic E-state index is 0.0241. The highest BCUT2D eigenvalue weighted by Gasteiger charge is 2.47. The second kappa shape index (κ2) is 9.12. The molecule has 168 valence electrons. The number of benzene rings is 3. The van der Waals surface area contributed by atoms with Gasteiger partial charge in [-0.1, -0.05) is 78.9 Å². The first-order valence-electron chi connectivity index (χ1n) is 11.0. The molecule has 4 rings (SSSR count). The van der Waals surface area contributed by atoms with Crippen LogP contribution in [0.5, 0.6) is 0 Å². The molecule has 0 heterocycles. The summed E-state index contributed by atoms with van der Waals surface area (Å²) in [7, 11) is 1.32. The van der Waals surface area contributed by atoms with Gasteiger partial charge >= 0.3 is 5.97 Å². The van der Waals surface area contributed by atoms with E-state index in [1.54, 1.807) is 0 Å². The molecule has 0 amide bonds. The van der Waals surface area contributed by atoms with E-state index in [4.69, 9.17) is 4.74 Å². The lowest BCUT2D eigenvalue weighted by Gasteiger charge is -2.37. The minimum Gasteiger partial charge on any atom is -0.468 e. The number of methoxy groups -OCH3 is 1. The summed E-state index contributed by atoms with van der Waals surface area (Å²) in [4.78, 5) is 37.4. The second-order valence-electron chi connectivity index (χ2n) is 8.44. The number of rotatable bonds is 8. The number of hydrogen-bond donors (Lipinski definition) is 1. The maximum absolute atomic E-state index is 13.0. The molecule has 0 spiro atoms. The van der Waals surface area contributed by atoms with E-state index in [0.29, 0.717) is 0 Å². The third-order valence-corrected chi connectivity index (χ3v) is 6.49. The van der Waals surface area contributed by atoms with Gasteiger partial charge in [-0.15, -0.1) is 0 Å². The van der Waals surface area contributed by atoms with Gasteiger partial charge in [0.05, 0.1) is 18.6 Å². The predicted octanol–water partition coefficient (Wildman–Crippen LogP) is 4.27. The summed E-state index contributed by atoms with van der Waals surface area (Å²) >= 11 is 0. The van der Waals surface area contributed by atoms with Crippen LogP contribution in [0.25, 0.3) is 11.1 Å². The van der Waals surface area contributed by atoms with Crippen molar-refractivity contribution >= 4 is 17.5 Å². The van der Waals surface area contributed by atoms with Gasteiger partial charge in [-0.05, 0) is 48.1 Å². The minimum atomic E-state index is -0.888.